The molecule has 5 rings (SSSR count). The zero-order valence-corrected chi connectivity index (χ0v) is 16.6. The fourth-order valence-corrected chi connectivity index (χ4v) is 4.16. The number of amides is 2. The SMILES string of the molecule is Cc1cn2cc(NC(=O)N3CCc4c(N5CCN[C@@H](C)C5)ccnc43)nc2cn1. The minimum absolute atomic E-state index is 0.213. The van der Waals surface area contributed by atoms with E-state index in [9.17, 15) is 4.79 Å². The second-order valence-electron chi connectivity index (χ2n) is 7.69. The largest absolute Gasteiger partial charge is 0.368 e. The van der Waals surface area contributed by atoms with Crippen molar-refractivity contribution in [1.82, 2.24) is 24.7 Å². The molecule has 29 heavy (non-hydrogen) atoms. The van der Waals surface area contributed by atoms with Crippen LogP contribution in [0.4, 0.5) is 22.1 Å². The van der Waals surface area contributed by atoms with E-state index in [1.165, 1.54) is 5.69 Å². The first-order valence-electron chi connectivity index (χ1n) is 9.94. The number of anilines is 3. The van der Waals surface area contributed by atoms with Crippen molar-refractivity contribution < 1.29 is 4.79 Å². The lowest BCUT2D eigenvalue weighted by Gasteiger charge is -2.34. The Balaban J connectivity index is 1.38. The highest BCUT2D eigenvalue weighted by Gasteiger charge is 2.30. The molecule has 1 atom stereocenters. The zero-order chi connectivity index (χ0) is 20.0. The summed E-state index contributed by atoms with van der Waals surface area (Å²) in [6, 6.07) is 2.30. The number of pyridine rings is 1. The number of hydrogen-bond donors (Lipinski definition) is 2. The average molecular weight is 392 g/mol. The second kappa shape index (κ2) is 7.00. The molecule has 0 aliphatic carbocycles. The van der Waals surface area contributed by atoms with Crippen LogP contribution in [0.25, 0.3) is 5.65 Å². The predicted octanol–water partition coefficient (Wildman–Crippen LogP) is 1.83. The first-order chi connectivity index (χ1) is 14.1. The number of nitrogens with one attached hydrogen (secondary N) is 2. The molecule has 9 heteroatoms. The number of nitrogens with zero attached hydrogens (tertiary/aromatic N) is 6. The number of rotatable bonds is 2. The molecule has 150 valence electrons. The van der Waals surface area contributed by atoms with Gasteiger partial charge in [-0.2, -0.15) is 0 Å². The van der Waals surface area contributed by atoms with E-state index >= 15 is 0 Å². The van der Waals surface area contributed by atoms with Crippen molar-refractivity contribution in [3.05, 3.63) is 42.1 Å². The fraction of sp³-hybridized carbons (Fsp3) is 0.400. The summed E-state index contributed by atoms with van der Waals surface area (Å²) in [5, 5.41) is 6.38. The van der Waals surface area contributed by atoms with Crippen LogP contribution in [0.5, 0.6) is 0 Å². The molecule has 2 aliphatic rings. The van der Waals surface area contributed by atoms with Gasteiger partial charge in [0.2, 0.25) is 0 Å². The Morgan fingerprint density at radius 1 is 1.28 bits per heavy atom. The van der Waals surface area contributed by atoms with Crippen LogP contribution in [0, 0.1) is 6.92 Å². The fourth-order valence-electron chi connectivity index (χ4n) is 4.16. The van der Waals surface area contributed by atoms with E-state index in [0.717, 1.165) is 43.1 Å². The van der Waals surface area contributed by atoms with Gasteiger partial charge in [0.1, 0.15) is 5.82 Å². The van der Waals surface area contributed by atoms with Crippen molar-refractivity contribution in [3.8, 4) is 0 Å². The standard InChI is InChI=1S/C20H24N8O/c1-13-10-26(8-6-21-13)16-3-5-22-19-15(16)4-7-28(19)20(29)25-17-12-27-11-14(2)23-9-18(27)24-17/h3,5,9,11-13,21H,4,6-8,10H2,1-2H3,(H,25,29)/t13-/m0/s1. The summed E-state index contributed by atoms with van der Waals surface area (Å²) in [4.78, 5) is 30.2. The molecular weight excluding hydrogens is 368 g/mol. The summed E-state index contributed by atoms with van der Waals surface area (Å²) >= 11 is 0. The summed E-state index contributed by atoms with van der Waals surface area (Å²) in [6.45, 7) is 7.60. The predicted molar refractivity (Wildman–Crippen MR) is 112 cm³/mol. The maximum atomic E-state index is 12.9. The van der Waals surface area contributed by atoms with Crippen LogP contribution in [0.2, 0.25) is 0 Å². The van der Waals surface area contributed by atoms with Gasteiger partial charge in [-0.05, 0) is 26.3 Å². The van der Waals surface area contributed by atoms with Gasteiger partial charge in [-0.3, -0.25) is 15.2 Å². The van der Waals surface area contributed by atoms with Gasteiger partial charge in [-0.15, -0.1) is 0 Å². The topological polar surface area (TPSA) is 90.7 Å². The van der Waals surface area contributed by atoms with Crippen molar-refractivity contribution in [1.29, 1.82) is 0 Å². The molecule has 0 bridgehead atoms. The Bertz CT molecular complexity index is 1080. The number of fused-ring (bicyclic) bond motifs is 2. The Hall–Kier alpha value is -3.20. The normalized spacial score (nSPS) is 18.9. The van der Waals surface area contributed by atoms with E-state index in [1.54, 1.807) is 23.5 Å². The van der Waals surface area contributed by atoms with Crippen molar-refractivity contribution in [2.45, 2.75) is 26.3 Å². The lowest BCUT2D eigenvalue weighted by atomic mass is 10.1. The minimum atomic E-state index is -0.213. The van der Waals surface area contributed by atoms with Crippen LogP contribution in [0.15, 0.2) is 30.9 Å². The first kappa shape index (κ1) is 17.9. The average Bonchev–Trinajstić information content (AvgIpc) is 3.30. The third kappa shape index (κ3) is 3.27. The molecule has 3 aromatic heterocycles. The number of piperazine rings is 1. The van der Waals surface area contributed by atoms with Crippen molar-refractivity contribution in [2.24, 2.45) is 0 Å². The van der Waals surface area contributed by atoms with Crippen LogP contribution in [-0.2, 0) is 6.42 Å². The van der Waals surface area contributed by atoms with E-state index in [2.05, 4.69) is 43.5 Å². The van der Waals surface area contributed by atoms with E-state index in [-0.39, 0.29) is 6.03 Å². The third-order valence-corrected chi connectivity index (χ3v) is 5.51. The summed E-state index contributed by atoms with van der Waals surface area (Å²) in [5.74, 6) is 1.25. The highest BCUT2D eigenvalue weighted by molar-refractivity contribution is 6.02. The van der Waals surface area contributed by atoms with E-state index in [1.807, 2.05) is 17.5 Å². The number of aryl methyl sites for hydroxylation is 1. The molecule has 0 saturated carbocycles. The lowest BCUT2D eigenvalue weighted by molar-refractivity contribution is 0.257. The van der Waals surface area contributed by atoms with E-state index in [4.69, 9.17) is 0 Å². The van der Waals surface area contributed by atoms with Gasteiger partial charge < -0.3 is 14.6 Å². The smallest absolute Gasteiger partial charge is 0.328 e. The van der Waals surface area contributed by atoms with Crippen LogP contribution in [0.3, 0.4) is 0 Å². The summed E-state index contributed by atoms with van der Waals surface area (Å²) in [7, 11) is 0. The Morgan fingerprint density at radius 3 is 3.03 bits per heavy atom. The molecule has 0 radical (unpaired) electrons. The molecule has 2 aliphatic heterocycles. The van der Waals surface area contributed by atoms with E-state index < -0.39 is 0 Å². The number of urea groups is 1. The number of carbonyl (C=O) groups is 1. The number of carbonyl (C=O) groups excluding carboxylic acids is 1. The van der Waals surface area contributed by atoms with Gasteiger partial charge in [-0.1, -0.05) is 0 Å². The van der Waals surface area contributed by atoms with Crippen LogP contribution < -0.4 is 20.4 Å². The van der Waals surface area contributed by atoms with Crippen molar-refractivity contribution in [3.63, 3.8) is 0 Å². The van der Waals surface area contributed by atoms with E-state index in [0.29, 0.717) is 24.1 Å². The van der Waals surface area contributed by atoms with Crippen LogP contribution >= 0.6 is 0 Å². The number of imidazole rings is 1. The molecule has 0 spiro atoms. The minimum Gasteiger partial charge on any atom is -0.368 e. The molecule has 0 aromatic carbocycles. The van der Waals surface area contributed by atoms with Gasteiger partial charge in [0.05, 0.1) is 18.1 Å². The number of aromatic nitrogens is 4. The molecule has 2 amide bonds. The van der Waals surface area contributed by atoms with Gasteiger partial charge >= 0.3 is 6.03 Å². The molecule has 2 N–H and O–H groups in total. The number of hydrogen-bond acceptors (Lipinski definition) is 6. The molecule has 9 nitrogen and oxygen atoms in total. The van der Waals surface area contributed by atoms with Gasteiger partial charge in [0.15, 0.2) is 11.5 Å². The lowest BCUT2D eigenvalue weighted by Crippen LogP contribution is -2.49. The molecule has 1 fully saturated rings. The summed E-state index contributed by atoms with van der Waals surface area (Å²) in [5.41, 5.74) is 3.92. The maximum absolute atomic E-state index is 12.9. The Labute approximate surface area is 168 Å². The van der Waals surface area contributed by atoms with Crippen LogP contribution in [-0.4, -0.2) is 57.6 Å². The quantitative estimate of drug-likeness (QED) is 0.691. The summed E-state index contributed by atoms with van der Waals surface area (Å²) < 4.78 is 1.86. The first-order valence-corrected chi connectivity index (χ1v) is 9.94. The van der Waals surface area contributed by atoms with Crippen molar-refractivity contribution in [2.75, 3.05) is 41.3 Å². The Kier molecular flexibility index (Phi) is 4.31. The third-order valence-electron chi connectivity index (χ3n) is 5.51. The summed E-state index contributed by atoms with van der Waals surface area (Å²) in [6.07, 6.45) is 7.97. The van der Waals surface area contributed by atoms with Gasteiger partial charge in [0.25, 0.3) is 0 Å². The molecule has 3 aromatic rings. The molecule has 0 unspecified atom stereocenters. The molecule has 1 saturated heterocycles. The molecule has 5 heterocycles. The highest BCUT2D eigenvalue weighted by atomic mass is 16.2. The second-order valence-corrected chi connectivity index (χ2v) is 7.69. The van der Waals surface area contributed by atoms with Crippen LogP contribution in [0.1, 0.15) is 18.2 Å². The van der Waals surface area contributed by atoms with Crippen molar-refractivity contribution >= 4 is 29.0 Å². The van der Waals surface area contributed by atoms with Gasteiger partial charge in [0, 0.05) is 55.9 Å². The maximum Gasteiger partial charge on any atom is 0.328 e. The van der Waals surface area contributed by atoms with Gasteiger partial charge in [-0.25, -0.2) is 14.8 Å². The highest BCUT2D eigenvalue weighted by Crippen LogP contribution is 2.34. The monoisotopic (exact) mass is 392 g/mol. The zero-order valence-electron chi connectivity index (χ0n) is 16.6. The molecular formula is C20H24N8O. The Morgan fingerprint density at radius 2 is 2.17 bits per heavy atom.